The summed E-state index contributed by atoms with van der Waals surface area (Å²) in [6.45, 7) is 6.47. The molecule has 7 heteroatoms. The van der Waals surface area contributed by atoms with Crippen molar-refractivity contribution in [3.63, 3.8) is 0 Å². The van der Waals surface area contributed by atoms with Crippen molar-refractivity contribution < 1.29 is 23.8 Å². The Balaban J connectivity index is 2.05. The lowest BCUT2D eigenvalue weighted by Crippen LogP contribution is -2.49. The number of hydrogen-bond acceptors (Lipinski definition) is 5. The molecule has 2 rings (SSSR count). The standard InChI is InChI=1S/C23H30N2O5/c1-6-30-18-12-10-16(11-13-18)22(26)25-20(15(2)3)23(27)24-14-17-8-7-9-19(28-4)21(17)29-5/h7-13,15,20H,6,14H2,1-5H3,(H,24,27)(H,25,26). The first-order valence-electron chi connectivity index (χ1n) is 9.92. The second-order valence-corrected chi connectivity index (χ2v) is 7.02. The van der Waals surface area contributed by atoms with Gasteiger partial charge in [-0.25, -0.2) is 0 Å². The molecule has 162 valence electrons. The fourth-order valence-electron chi connectivity index (χ4n) is 3.01. The molecule has 1 unspecified atom stereocenters. The fraction of sp³-hybridized carbons (Fsp3) is 0.391. The molecule has 0 fully saturated rings. The molecule has 30 heavy (non-hydrogen) atoms. The van der Waals surface area contributed by atoms with Crippen LogP contribution in [0.5, 0.6) is 17.2 Å². The zero-order valence-electron chi connectivity index (χ0n) is 18.2. The predicted molar refractivity (Wildman–Crippen MR) is 115 cm³/mol. The molecule has 0 aromatic heterocycles. The maximum atomic E-state index is 12.8. The summed E-state index contributed by atoms with van der Waals surface area (Å²) in [4.78, 5) is 25.4. The Hall–Kier alpha value is -3.22. The van der Waals surface area contributed by atoms with E-state index in [0.717, 1.165) is 5.56 Å². The molecular weight excluding hydrogens is 384 g/mol. The normalized spacial score (nSPS) is 11.5. The summed E-state index contributed by atoms with van der Waals surface area (Å²) >= 11 is 0. The number of nitrogens with one attached hydrogen (secondary N) is 2. The third-order valence-electron chi connectivity index (χ3n) is 4.60. The van der Waals surface area contributed by atoms with Crippen LogP contribution in [0.1, 0.15) is 36.7 Å². The number of hydrogen-bond donors (Lipinski definition) is 2. The van der Waals surface area contributed by atoms with E-state index in [-0.39, 0.29) is 24.3 Å². The molecule has 1 atom stereocenters. The lowest BCUT2D eigenvalue weighted by atomic mass is 10.0. The van der Waals surface area contributed by atoms with E-state index in [1.807, 2.05) is 32.9 Å². The Morgan fingerprint density at radius 3 is 2.27 bits per heavy atom. The van der Waals surface area contributed by atoms with Gasteiger partial charge in [0.1, 0.15) is 11.8 Å². The first-order chi connectivity index (χ1) is 14.4. The van der Waals surface area contributed by atoms with Crippen molar-refractivity contribution in [1.82, 2.24) is 10.6 Å². The quantitative estimate of drug-likeness (QED) is 0.624. The van der Waals surface area contributed by atoms with Gasteiger partial charge in [0, 0.05) is 17.7 Å². The van der Waals surface area contributed by atoms with Crippen LogP contribution in [0.25, 0.3) is 0 Å². The maximum Gasteiger partial charge on any atom is 0.251 e. The molecule has 0 saturated carbocycles. The van der Waals surface area contributed by atoms with Crippen LogP contribution in [0.15, 0.2) is 42.5 Å². The SMILES string of the molecule is CCOc1ccc(C(=O)NC(C(=O)NCc2cccc(OC)c2OC)C(C)C)cc1. The Morgan fingerprint density at radius 2 is 1.70 bits per heavy atom. The minimum Gasteiger partial charge on any atom is -0.494 e. The number of ether oxygens (including phenoxy) is 3. The second kappa shape index (κ2) is 11.1. The smallest absolute Gasteiger partial charge is 0.251 e. The molecule has 2 N–H and O–H groups in total. The van der Waals surface area contributed by atoms with E-state index in [1.54, 1.807) is 44.6 Å². The molecule has 2 aromatic carbocycles. The van der Waals surface area contributed by atoms with E-state index in [2.05, 4.69) is 10.6 Å². The molecule has 2 aromatic rings. The van der Waals surface area contributed by atoms with Gasteiger partial charge in [-0.15, -0.1) is 0 Å². The Morgan fingerprint density at radius 1 is 1.00 bits per heavy atom. The molecule has 0 spiro atoms. The van der Waals surface area contributed by atoms with Gasteiger partial charge in [-0.2, -0.15) is 0 Å². The highest BCUT2D eigenvalue weighted by atomic mass is 16.5. The zero-order chi connectivity index (χ0) is 22.1. The van der Waals surface area contributed by atoms with E-state index in [1.165, 1.54) is 0 Å². The van der Waals surface area contributed by atoms with E-state index in [4.69, 9.17) is 14.2 Å². The lowest BCUT2D eigenvalue weighted by molar-refractivity contribution is -0.124. The first-order valence-corrected chi connectivity index (χ1v) is 9.92. The number of para-hydroxylation sites is 1. The Kier molecular flexibility index (Phi) is 8.53. The highest BCUT2D eigenvalue weighted by Crippen LogP contribution is 2.30. The number of methoxy groups -OCH3 is 2. The molecule has 2 amide bonds. The van der Waals surface area contributed by atoms with Gasteiger partial charge < -0.3 is 24.8 Å². The van der Waals surface area contributed by atoms with Crippen molar-refractivity contribution in [2.75, 3.05) is 20.8 Å². The summed E-state index contributed by atoms with van der Waals surface area (Å²) in [5, 5.41) is 5.70. The molecule has 0 bridgehead atoms. The fourth-order valence-corrected chi connectivity index (χ4v) is 3.01. The van der Waals surface area contributed by atoms with Crippen molar-refractivity contribution in [3.8, 4) is 17.2 Å². The number of rotatable bonds is 10. The molecular formula is C23H30N2O5. The van der Waals surface area contributed by atoms with Gasteiger partial charge in [-0.05, 0) is 43.2 Å². The number of amides is 2. The maximum absolute atomic E-state index is 12.8. The van der Waals surface area contributed by atoms with Crippen LogP contribution < -0.4 is 24.8 Å². The van der Waals surface area contributed by atoms with Gasteiger partial charge in [0.2, 0.25) is 5.91 Å². The highest BCUT2D eigenvalue weighted by molar-refractivity contribution is 5.97. The van der Waals surface area contributed by atoms with E-state index in [0.29, 0.717) is 29.4 Å². The van der Waals surface area contributed by atoms with Crippen LogP contribution in [0.3, 0.4) is 0 Å². The number of benzene rings is 2. The predicted octanol–water partition coefficient (Wildman–Crippen LogP) is 3.17. The Bertz CT molecular complexity index is 849. The molecule has 0 aliphatic rings. The lowest BCUT2D eigenvalue weighted by Gasteiger charge is -2.22. The zero-order valence-corrected chi connectivity index (χ0v) is 18.2. The van der Waals surface area contributed by atoms with Crippen LogP contribution >= 0.6 is 0 Å². The van der Waals surface area contributed by atoms with Crippen molar-refractivity contribution >= 4 is 11.8 Å². The van der Waals surface area contributed by atoms with E-state index in [9.17, 15) is 9.59 Å². The van der Waals surface area contributed by atoms with Gasteiger partial charge in [0.15, 0.2) is 11.5 Å². The van der Waals surface area contributed by atoms with Gasteiger partial charge in [0.05, 0.1) is 20.8 Å². The van der Waals surface area contributed by atoms with Crippen LogP contribution in [-0.4, -0.2) is 38.7 Å². The average molecular weight is 415 g/mol. The van der Waals surface area contributed by atoms with Crippen LogP contribution in [-0.2, 0) is 11.3 Å². The van der Waals surface area contributed by atoms with Crippen molar-refractivity contribution in [2.24, 2.45) is 5.92 Å². The minimum atomic E-state index is -0.680. The molecule has 0 aliphatic heterocycles. The van der Waals surface area contributed by atoms with Crippen molar-refractivity contribution in [3.05, 3.63) is 53.6 Å². The van der Waals surface area contributed by atoms with Crippen molar-refractivity contribution in [1.29, 1.82) is 0 Å². The minimum absolute atomic E-state index is 0.0937. The second-order valence-electron chi connectivity index (χ2n) is 7.02. The largest absolute Gasteiger partial charge is 0.494 e. The first kappa shape index (κ1) is 23.1. The van der Waals surface area contributed by atoms with Gasteiger partial charge in [-0.1, -0.05) is 26.0 Å². The van der Waals surface area contributed by atoms with E-state index < -0.39 is 6.04 Å². The monoisotopic (exact) mass is 414 g/mol. The third kappa shape index (κ3) is 5.89. The topological polar surface area (TPSA) is 85.9 Å². The molecule has 0 aliphatic carbocycles. The summed E-state index contributed by atoms with van der Waals surface area (Å²) in [5.41, 5.74) is 1.25. The van der Waals surface area contributed by atoms with Gasteiger partial charge in [-0.3, -0.25) is 9.59 Å². The summed E-state index contributed by atoms with van der Waals surface area (Å²) in [6.07, 6.45) is 0. The van der Waals surface area contributed by atoms with Gasteiger partial charge in [0.25, 0.3) is 5.91 Å². The summed E-state index contributed by atoms with van der Waals surface area (Å²) < 4.78 is 16.1. The number of carbonyl (C=O) groups is 2. The number of carbonyl (C=O) groups excluding carboxylic acids is 2. The summed E-state index contributed by atoms with van der Waals surface area (Å²) in [7, 11) is 3.11. The molecule has 0 heterocycles. The Labute approximate surface area is 177 Å². The molecule has 0 saturated heterocycles. The van der Waals surface area contributed by atoms with Crippen LogP contribution in [0.4, 0.5) is 0 Å². The summed E-state index contributed by atoms with van der Waals surface area (Å²) in [5.74, 6) is 1.18. The molecule has 0 radical (unpaired) electrons. The third-order valence-corrected chi connectivity index (χ3v) is 4.60. The van der Waals surface area contributed by atoms with Crippen LogP contribution in [0, 0.1) is 5.92 Å². The van der Waals surface area contributed by atoms with E-state index >= 15 is 0 Å². The van der Waals surface area contributed by atoms with Gasteiger partial charge >= 0.3 is 0 Å². The van der Waals surface area contributed by atoms with Crippen molar-refractivity contribution in [2.45, 2.75) is 33.4 Å². The molecule has 7 nitrogen and oxygen atoms in total. The van der Waals surface area contributed by atoms with Crippen LogP contribution in [0.2, 0.25) is 0 Å². The average Bonchev–Trinajstić information content (AvgIpc) is 2.75. The summed E-state index contributed by atoms with van der Waals surface area (Å²) in [6, 6.07) is 11.6. The highest BCUT2D eigenvalue weighted by Gasteiger charge is 2.25.